The van der Waals surface area contributed by atoms with Crippen molar-refractivity contribution in [2.75, 3.05) is 13.2 Å². The first kappa shape index (κ1) is 13.0. The monoisotopic (exact) mass is 200 g/mol. The first-order valence-electron chi connectivity index (χ1n) is 4.88. The van der Waals surface area contributed by atoms with E-state index in [2.05, 4.69) is 25.7 Å². The minimum atomic E-state index is -0.441. The molecule has 2 atom stereocenters. The van der Waals surface area contributed by atoms with E-state index in [-0.39, 0.29) is 12.6 Å². The summed E-state index contributed by atoms with van der Waals surface area (Å²) in [5.74, 6) is 0.398. The first-order chi connectivity index (χ1) is 6.61. The number of carbonyl (C=O) groups is 1. The van der Waals surface area contributed by atoms with Gasteiger partial charge in [-0.25, -0.2) is 4.79 Å². The summed E-state index contributed by atoms with van der Waals surface area (Å²) in [6, 6.07) is -0.0173. The Morgan fingerprint density at radius 3 is 2.86 bits per heavy atom. The molecule has 0 aliphatic heterocycles. The van der Waals surface area contributed by atoms with Gasteiger partial charge >= 0.3 is 6.09 Å². The molecular formula is C10H20N2O2. The van der Waals surface area contributed by atoms with Crippen LogP contribution in [0, 0.1) is 5.92 Å². The normalized spacial score (nSPS) is 14.2. The minimum Gasteiger partial charge on any atom is -0.445 e. The van der Waals surface area contributed by atoms with Gasteiger partial charge in [0, 0.05) is 12.6 Å². The fraction of sp³-hybridized carbons (Fsp3) is 0.700. The van der Waals surface area contributed by atoms with Gasteiger partial charge in [-0.1, -0.05) is 32.9 Å². The van der Waals surface area contributed by atoms with Gasteiger partial charge in [0.1, 0.15) is 6.61 Å². The van der Waals surface area contributed by atoms with Crippen molar-refractivity contribution in [3.05, 3.63) is 12.7 Å². The third-order valence-electron chi connectivity index (χ3n) is 2.19. The molecule has 14 heavy (non-hydrogen) atoms. The van der Waals surface area contributed by atoms with Crippen LogP contribution >= 0.6 is 0 Å². The number of nitrogens with two attached hydrogens (primary N) is 1. The van der Waals surface area contributed by atoms with Crippen molar-refractivity contribution in [2.45, 2.75) is 26.3 Å². The second-order valence-corrected chi connectivity index (χ2v) is 3.32. The standard InChI is InChI=1S/C10H20N2O2/c1-4-6-14-10(13)12-7-9(11)8(3)5-2/h4,8-9H,1,5-7,11H2,2-3H3,(H,12,13). The van der Waals surface area contributed by atoms with Crippen molar-refractivity contribution < 1.29 is 9.53 Å². The molecule has 2 unspecified atom stereocenters. The summed E-state index contributed by atoms with van der Waals surface area (Å²) >= 11 is 0. The molecule has 0 rings (SSSR count). The number of amides is 1. The van der Waals surface area contributed by atoms with Gasteiger partial charge in [0.2, 0.25) is 0 Å². The molecule has 4 heteroatoms. The van der Waals surface area contributed by atoms with Gasteiger partial charge < -0.3 is 15.8 Å². The average molecular weight is 200 g/mol. The molecule has 0 spiro atoms. The third-order valence-corrected chi connectivity index (χ3v) is 2.19. The lowest BCUT2D eigenvalue weighted by Crippen LogP contribution is -2.41. The molecule has 0 fully saturated rings. The zero-order valence-corrected chi connectivity index (χ0v) is 8.95. The van der Waals surface area contributed by atoms with E-state index in [0.29, 0.717) is 12.5 Å². The summed E-state index contributed by atoms with van der Waals surface area (Å²) in [6.45, 7) is 8.24. The molecule has 82 valence electrons. The van der Waals surface area contributed by atoms with Crippen LogP contribution in [0.3, 0.4) is 0 Å². The number of hydrogen-bond donors (Lipinski definition) is 2. The lowest BCUT2D eigenvalue weighted by atomic mass is 10.0. The predicted molar refractivity (Wildman–Crippen MR) is 57.0 cm³/mol. The van der Waals surface area contributed by atoms with Crippen molar-refractivity contribution in [1.82, 2.24) is 5.32 Å². The number of carbonyl (C=O) groups excluding carboxylic acids is 1. The molecule has 0 aliphatic rings. The smallest absolute Gasteiger partial charge is 0.407 e. The fourth-order valence-corrected chi connectivity index (χ4v) is 0.891. The highest BCUT2D eigenvalue weighted by Crippen LogP contribution is 2.03. The average Bonchev–Trinajstić information content (AvgIpc) is 2.21. The zero-order chi connectivity index (χ0) is 11.0. The minimum absolute atomic E-state index is 0.0173. The second-order valence-electron chi connectivity index (χ2n) is 3.32. The predicted octanol–water partition coefficient (Wildman–Crippen LogP) is 1.27. The number of rotatable bonds is 6. The Labute approximate surface area is 85.5 Å². The van der Waals surface area contributed by atoms with Gasteiger partial charge in [-0.15, -0.1) is 0 Å². The Balaban J connectivity index is 3.60. The van der Waals surface area contributed by atoms with Crippen LogP contribution in [0.15, 0.2) is 12.7 Å². The lowest BCUT2D eigenvalue weighted by molar-refractivity contribution is 0.157. The molecule has 0 bridgehead atoms. The molecule has 0 saturated carbocycles. The van der Waals surface area contributed by atoms with E-state index >= 15 is 0 Å². The number of nitrogens with one attached hydrogen (secondary N) is 1. The van der Waals surface area contributed by atoms with Gasteiger partial charge in [0.05, 0.1) is 0 Å². The largest absolute Gasteiger partial charge is 0.445 e. The van der Waals surface area contributed by atoms with Crippen molar-refractivity contribution >= 4 is 6.09 Å². The molecule has 4 nitrogen and oxygen atoms in total. The fourth-order valence-electron chi connectivity index (χ4n) is 0.891. The van der Waals surface area contributed by atoms with Crippen LogP contribution in [-0.2, 0) is 4.74 Å². The lowest BCUT2D eigenvalue weighted by Gasteiger charge is -2.18. The number of alkyl carbamates (subject to hydrolysis) is 1. The summed E-state index contributed by atoms with van der Waals surface area (Å²) in [4.78, 5) is 11.0. The molecule has 0 radical (unpaired) electrons. The third kappa shape index (κ3) is 5.59. The Morgan fingerprint density at radius 2 is 2.36 bits per heavy atom. The molecule has 0 heterocycles. The Morgan fingerprint density at radius 1 is 1.71 bits per heavy atom. The molecular weight excluding hydrogens is 180 g/mol. The van der Waals surface area contributed by atoms with Crippen molar-refractivity contribution in [1.29, 1.82) is 0 Å². The summed E-state index contributed by atoms with van der Waals surface area (Å²) in [6.07, 6.45) is 2.09. The van der Waals surface area contributed by atoms with E-state index in [1.54, 1.807) is 0 Å². The van der Waals surface area contributed by atoms with E-state index in [1.807, 2.05) is 0 Å². The molecule has 1 amide bonds. The zero-order valence-electron chi connectivity index (χ0n) is 8.95. The number of hydrogen-bond acceptors (Lipinski definition) is 3. The van der Waals surface area contributed by atoms with E-state index in [4.69, 9.17) is 10.5 Å². The van der Waals surface area contributed by atoms with Crippen LogP contribution in [0.5, 0.6) is 0 Å². The van der Waals surface area contributed by atoms with Crippen LogP contribution in [0.25, 0.3) is 0 Å². The van der Waals surface area contributed by atoms with Crippen molar-refractivity contribution in [3.63, 3.8) is 0 Å². The molecule has 3 N–H and O–H groups in total. The van der Waals surface area contributed by atoms with Crippen molar-refractivity contribution in [3.8, 4) is 0 Å². The van der Waals surface area contributed by atoms with Gasteiger partial charge in [-0.2, -0.15) is 0 Å². The summed E-state index contributed by atoms with van der Waals surface area (Å²) in [7, 11) is 0. The van der Waals surface area contributed by atoms with Gasteiger partial charge in [0.15, 0.2) is 0 Å². The molecule has 0 aliphatic carbocycles. The maximum Gasteiger partial charge on any atom is 0.407 e. The van der Waals surface area contributed by atoms with Crippen molar-refractivity contribution in [2.24, 2.45) is 11.7 Å². The summed E-state index contributed by atoms with van der Waals surface area (Å²) in [5, 5.41) is 2.60. The molecule has 0 saturated heterocycles. The molecule has 0 aromatic heterocycles. The van der Waals surface area contributed by atoms with E-state index in [0.717, 1.165) is 6.42 Å². The topological polar surface area (TPSA) is 64.3 Å². The Kier molecular flexibility index (Phi) is 6.84. The summed E-state index contributed by atoms with van der Waals surface area (Å²) < 4.78 is 4.73. The van der Waals surface area contributed by atoms with Crippen LogP contribution in [0.2, 0.25) is 0 Å². The van der Waals surface area contributed by atoms with Gasteiger partial charge in [-0.3, -0.25) is 0 Å². The van der Waals surface area contributed by atoms with Gasteiger partial charge in [-0.05, 0) is 5.92 Å². The maximum absolute atomic E-state index is 11.0. The highest BCUT2D eigenvalue weighted by Gasteiger charge is 2.11. The van der Waals surface area contributed by atoms with Crippen LogP contribution < -0.4 is 11.1 Å². The Bertz CT molecular complexity index is 183. The summed E-state index contributed by atoms with van der Waals surface area (Å²) in [5.41, 5.74) is 5.81. The van der Waals surface area contributed by atoms with E-state index in [1.165, 1.54) is 6.08 Å². The molecule has 0 aromatic rings. The van der Waals surface area contributed by atoms with Crippen LogP contribution in [-0.4, -0.2) is 25.3 Å². The maximum atomic E-state index is 11.0. The quantitative estimate of drug-likeness (QED) is 0.635. The Hall–Kier alpha value is -1.03. The first-order valence-corrected chi connectivity index (χ1v) is 4.88. The molecule has 0 aromatic carbocycles. The number of ether oxygens (including phenoxy) is 1. The van der Waals surface area contributed by atoms with Gasteiger partial charge in [0.25, 0.3) is 0 Å². The van der Waals surface area contributed by atoms with E-state index < -0.39 is 6.09 Å². The van der Waals surface area contributed by atoms with E-state index in [9.17, 15) is 4.79 Å². The SMILES string of the molecule is C=CCOC(=O)NCC(N)C(C)CC. The van der Waals surface area contributed by atoms with Crippen LogP contribution in [0.4, 0.5) is 4.79 Å². The van der Waals surface area contributed by atoms with Crippen LogP contribution in [0.1, 0.15) is 20.3 Å². The highest BCUT2D eigenvalue weighted by molar-refractivity contribution is 5.67. The second kappa shape index (κ2) is 7.38. The highest BCUT2D eigenvalue weighted by atomic mass is 16.5.